The molecular weight excluding hydrogens is 315 g/mol. The van der Waals surface area contributed by atoms with Crippen molar-refractivity contribution in [2.45, 2.75) is 0 Å². The molecule has 110 valence electrons. The summed E-state index contributed by atoms with van der Waals surface area (Å²) in [6.45, 7) is 0. The van der Waals surface area contributed by atoms with Crippen LogP contribution >= 0.6 is 23.2 Å². The zero-order valence-electron chi connectivity index (χ0n) is 11.7. The molecule has 2 N–H and O–H groups in total. The average Bonchev–Trinajstić information content (AvgIpc) is 2.55. The standard InChI is InChI=1S/C18H14Cl2N2/c19-15-12-18(16(20)11-17(15)21)22(13-7-3-1-4-8-13)14-9-5-2-6-10-14/h1-12H,21H2. The second kappa shape index (κ2) is 6.30. The van der Waals surface area contributed by atoms with E-state index in [9.17, 15) is 0 Å². The molecule has 0 aromatic heterocycles. The molecule has 0 aliphatic carbocycles. The summed E-state index contributed by atoms with van der Waals surface area (Å²) >= 11 is 12.6. The molecule has 2 nitrogen and oxygen atoms in total. The minimum Gasteiger partial charge on any atom is -0.397 e. The largest absolute Gasteiger partial charge is 0.397 e. The third-order valence-electron chi connectivity index (χ3n) is 3.34. The first-order chi connectivity index (χ1) is 10.7. The number of halogens is 2. The first-order valence-electron chi connectivity index (χ1n) is 6.81. The molecule has 3 aromatic rings. The second-order valence-corrected chi connectivity index (χ2v) is 5.65. The number of rotatable bonds is 3. The molecule has 0 saturated heterocycles. The molecule has 0 aliphatic rings. The van der Waals surface area contributed by atoms with Crippen LogP contribution < -0.4 is 10.6 Å². The smallest absolute Gasteiger partial charge is 0.0668 e. The summed E-state index contributed by atoms with van der Waals surface area (Å²) in [7, 11) is 0. The highest BCUT2D eigenvalue weighted by molar-refractivity contribution is 6.37. The lowest BCUT2D eigenvalue weighted by atomic mass is 10.2. The summed E-state index contributed by atoms with van der Waals surface area (Å²) in [4.78, 5) is 2.05. The molecule has 22 heavy (non-hydrogen) atoms. The van der Waals surface area contributed by atoms with Gasteiger partial charge in [-0.15, -0.1) is 0 Å². The Kier molecular flexibility index (Phi) is 4.23. The molecule has 0 fully saturated rings. The Labute approximate surface area is 139 Å². The molecule has 4 heteroatoms. The number of nitrogens with zero attached hydrogens (tertiary/aromatic N) is 1. The Morgan fingerprint density at radius 3 is 1.68 bits per heavy atom. The van der Waals surface area contributed by atoms with E-state index in [1.54, 1.807) is 12.1 Å². The third-order valence-corrected chi connectivity index (χ3v) is 3.97. The topological polar surface area (TPSA) is 29.3 Å². The van der Waals surface area contributed by atoms with Gasteiger partial charge in [0.05, 0.1) is 21.4 Å². The quantitative estimate of drug-likeness (QED) is 0.593. The molecule has 0 heterocycles. The van der Waals surface area contributed by atoms with Crippen molar-refractivity contribution in [3.8, 4) is 0 Å². The van der Waals surface area contributed by atoms with Gasteiger partial charge in [0.15, 0.2) is 0 Å². The molecule has 0 spiro atoms. The van der Waals surface area contributed by atoms with Crippen LogP contribution in [0.15, 0.2) is 72.8 Å². The Bertz CT molecular complexity index is 734. The van der Waals surface area contributed by atoms with Crippen molar-refractivity contribution in [1.82, 2.24) is 0 Å². The van der Waals surface area contributed by atoms with Gasteiger partial charge >= 0.3 is 0 Å². The molecule has 3 aromatic carbocycles. The third kappa shape index (κ3) is 2.89. The van der Waals surface area contributed by atoms with Crippen molar-refractivity contribution in [2.24, 2.45) is 0 Å². The molecule has 0 amide bonds. The molecule has 0 atom stereocenters. The number of nitrogen functional groups attached to an aromatic ring is 1. The van der Waals surface area contributed by atoms with Gasteiger partial charge in [0.1, 0.15) is 0 Å². The van der Waals surface area contributed by atoms with Crippen molar-refractivity contribution in [3.05, 3.63) is 82.8 Å². The lowest BCUT2D eigenvalue weighted by molar-refractivity contribution is 1.28. The zero-order chi connectivity index (χ0) is 15.5. The number of hydrogen-bond donors (Lipinski definition) is 1. The molecule has 0 aliphatic heterocycles. The fourth-order valence-corrected chi connectivity index (χ4v) is 2.72. The lowest BCUT2D eigenvalue weighted by Gasteiger charge is -2.26. The molecular formula is C18H14Cl2N2. The molecule has 0 unspecified atom stereocenters. The molecule has 0 radical (unpaired) electrons. The maximum Gasteiger partial charge on any atom is 0.0668 e. The van der Waals surface area contributed by atoms with E-state index in [1.807, 2.05) is 65.6 Å². The lowest BCUT2D eigenvalue weighted by Crippen LogP contribution is -2.10. The van der Waals surface area contributed by atoms with Crippen molar-refractivity contribution >= 4 is 46.0 Å². The number of benzene rings is 3. The maximum atomic E-state index is 6.42. The highest BCUT2D eigenvalue weighted by atomic mass is 35.5. The van der Waals surface area contributed by atoms with E-state index in [-0.39, 0.29) is 0 Å². The Balaban J connectivity index is 2.21. The minimum absolute atomic E-state index is 0.469. The van der Waals surface area contributed by atoms with Gasteiger partial charge in [0.25, 0.3) is 0 Å². The average molecular weight is 329 g/mol. The van der Waals surface area contributed by atoms with Crippen LogP contribution in [0.1, 0.15) is 0 Å². The summed E-state index contributed by atoms with van der Waals surface area (Å²) in [5, 5.41) is 1.03. The van der Waals surface area contributed by atoms with E-state index in [0.29, 0.717) is 15.7 Å². The second-order valence-electron chi connectivity index (χ2n) is 4.83. The highest BCUT2D eigenvalue weighted by Crippen LogP contribution is 2.41. The van der Waals surface area contributed by atoms with E-state index in [2.05, 4.69) is 0 Å². The van der Waals surface area contributed by atoms with Crippen LogP contribution in [0.5, 0.6) is 0 Å². The first kappa shape index (κ1) is 14.8. The van der Waals surface area contributed by atoms with Crippen molar-refractivity contribution in [2.75, 3.05) is 10.6 Å². The van der Waals surface area contributed by atoms with Gasteiger partial charge in [-0.2, -0.15) is 0 Å². The van der Waals surface area contributed by atoms with Gasteiger partial charge in [0, 0.05) is 11.4 Å². The van der Waals surface area contributed by atoms with Crippen LogP contribution in [-0.4, -0.2) is 0 Å². The van der Waals surface area contributed by atoms with Crippen molar-refractivity contribution in [1.29, 1.82) is 0 Å². The Morgan fingerprint density at radius 1 is 0.682 bits per heavy atom. The van der Waals surface area contributed by atoms with Crippen LogP contribution in [-0.2, 0) is 0 Å². The Morgan fingerprint density at radius 2 is 1.18 bits per heavy atom. The van der Waals surface area contributed by atoms with Crippen LogP contribution in [0.3, 0.4) is 0 Å². The maximum absolute atomic E-state index is 6.42. The summed E-state index contributed by atoms with van der Waals surface area (Å²) in [5.41, 5.74) is 9.08. The SMILES string of the molecule is Nc1cc(Cl)c(N(c2ccccc2)c2ccccc2)cc1Cl. The summed E-state index contributed by atoms with van der Waals surface area (Å²) in [6, 6.07) is 23.4. The predicted molar refractivity (Wildman–Crippen MR) is 95.6 cm³/mol. The normalized spacial score (nSPS) is 10.5. The predicted octanol–water partition coefficient (Wildman–Crippen LogP) is 6.05. The van der Waals surface area contributed by atoms with Crippen LogP contribution in [0, 0.1) is 0 Å². The first-order valence-corrected chi connectivity index (χ1v) is 7.57. The van der Waals surface area contributed by atoms with E-state index in [1.165, 1.54) is 0 Å². The molecule has 0 bridgehead atoms. The van der Waals surface area contributed by atoms with E-state index >= 15 is 0 Å². The fraction of sp³-hybridized carbons (Fsp3) is 0. The summed E-state index contributed by atoms with van der Waals surface area (Å²) in [6.07, 6.45) is 0. The fourth-order valence-electron chi connectivity index (χ4n) is 2.30. The summed E-state index contributed by atoms with van der Waals surface area (Å²) < 4.78 is 0. The summed E-state index contributed by atoms with van der Waals surface area (Å²) in [5.74, 6) is 0. The van der Waals surface area contributed by atoms with Crippen LogP contribution in [0.2, 0.25) is 10.0 Å². The van der Waals surface area contributed by atoms with Gasteiger partial charge in [-0.1, -0.05) is 59.6 Å². The molecule has 0 saturated carbocycles. The highest BCUT2D eigenvalue weighted by Gasteiger charge is 2.16. The van der Waals surface area contributed by atoms with Gasteiger partial charge in [-0.3, -0.25) is 0 Å². The van der Waals surface area contributed by atoms with Crippen LogP contribution in [0.4, 0.5) is 22.7 Å². The van der Waals surface area contributed by atoms with E-state index in [4.69, 9.17) is 28.9 Å². The number of anilines is 4. The van der Waals surface area contributed by atoms with Gasteiger partial charge in [0.2, 0.25) is 0 Å². The minimum atomic E-state index is 0.469. The van der Waals surface area contributed by atoms with Crippen molar-refractivity contribution in [3.63, 3.8) is 0 Å². The van der Waals surface area contributed by atoms with Gasteiger partial charge in [-0.25, -0.2) is 0 Å². The Hall–Kier alpha value is -2.16. The zero-order valence-corrected chi connectivity index (χ0v) is 13.2. The monoisotopic (exact) mass is 328 g/mol. The number of nitrogens with two attached hydrogens (primary N) is 1. The van der Waals surface area contributed by atoms with Gasteiger partial charge < -0.3 is 10.6 Å². The van der Waals surface area contributed by atoms with Crippen LogP contribution in [0.25, 0.3) is 0 Å². The number of para-hydroxylation sites is 2. The number of hydrogen-bond acceptors (Lipinski definition) is 2. The van der Waals surface area contributed by atoms with E-state index < -0.39 is 0 Å². The van der Waals surface area contributed by atoms with Gasteiger partial charge in [-0.05, 0) is 36.4 Å². The molecule has 3 rings (SSSR count). The van der Waals surface area contributed by atoms with E-state index in [0.717, 1.165) is 17.1 Å². The van der Waals surface area contributed by atoms with Crippen molar-refractivity contribution < 1.29 is 0 Å².